The molecule has 1 heterocycles. The predicted molar refractivity (Wildman–Crippen MR) is 77.6 cm³/mol. The fourth-order valence-corrected chi connectivity index (χ4v) is 2.28. The van der Waals surface area contributed by atoms with E-state index in [1.54, 1.807) is 11.8 Å². The Kier molecular flexibility index (Phi) is 4.98. The summed E-state index contributed by atoms with van der Waals surface area (Å²) in [6.45, 7) is 4.24. The van der Waals surface area contributed by atoms with Crippen LogP contribution in [0.3, 0.4) is 0 Å². The van der Waals surface area contributed by atoms with Crippen LogP contribution in [-0.4, -0.2) is 48.0 Å². The van der Waals surface area contributed by atoms with E-state index in [1.165, 1.54) is 18.2 Å². The molecule has 0 radical (unpaired) electrons. The number of rotatable bonds is 4. The summed E-state index contributed by atoms with van der Waals surface area (Å²) in [7, 11) is 0. The van der Waals surface area contributed by atoms with Crippen LogP contribution in [0.4, 0.5) is 5.69 Å². The fourth-order valence-electron chi connectivity index (χ4n) is 2.12. The fraction of sp³-hybridized carbons (Fsp3) is 0.462. The minimum Gasteiger partial charge on any atom is -0.474 e. The predicted octanol–water partition coefficient (Wildman–Crippen LogP) is 1.45. The number of nitrogens with one attached hydrogen (secondary N) is 1. The van der Waals surface area contributed by atoms with Crippen molar-refractivity contribution in [1.82, 2.24) is 10.2 Å². The van der Waals surface area contributed by atoms with E-state index in [0.29, 0.717) is 18.1 Å². The molecule has 1 amide bonds. The first kappa shape index (κ1) is 15.5. The first-order chi connectivity index (χ1) is 9.99. The molecule has 0 saturated carbocycles. The SMILES string of the molecule is CC(Oc1cc(Cl)ccc1[N+](=O)[O-])C(=O)N1CCNCC1. The third-order valence-electron chi connectivity index (χ3n) is 3.20. The minimum atomic E-state index is -0.805. The van der Waals surface area contributed by atoms with Crippen LogP contribution in [0.5, 0.6) is 5.75 Å². The van der Waals surface area contributed by atoms with Crippen LogP contribution in [-0.2, 0) is 4.79 Å². The van der Waals surface area contributed by atoms with E-state index < -0.39 is 11.0 Å². The van der Waals surface area contributed by atoms with E-state index in [9.17, 15) is 14.9 Å². The molecule has 0 aromatic heterocycles. The van der Waals surface area contributed by atoms with Crippen molar-refractivity contribution in [3.05, 3.63) is 33.3 Å². The summed E-state index contributed by atoms with van der Waals surface area (Å²) in [5.41, 5.74) is -0.209. The van der Waals surface area contributed by atoms with Gasteiger partial charge in [0.15, 0.2) is 11.9 Å². The molecule has 1 aliphatic heterocycles. The monoisotopic (exact) mass is 313 g/mol. The van der Waals surface area contributed by atoms with Crippen molar-refractivity contribution in [3.63, 3.8) is 0 Å². The summed E-state index contributed by atoms with van der Waals surface area (Å²) in [6.07, 6.45) is -0.805. The van der Waals surface area contributed by atoms with Gasteiger partial charge in [0.25, 0.3) is 5.91 Å². The Bertz CT molecular complexity index is 546. The second-order valence-electron chi connectivity index (χ2n) is 4.70. The van der Waals surface area contributed by atoms with Crippen molar-refractivity contribution in [2.75, 3.05) is 26.2 Å². The van der Waals surface area contributed by atoms with Crippen molar-refractivity contribution >= 4 is 23.2 Å². The van der Waals surface area contributed by atoms with Gasteiger partial charge >= 0.3 is 5.69 Å². The van der Waals surface area contributed by atoms with Gasteiger partial charge in [-0.2, -0.15) is 0 Å². The first-order valence-corrected chi connectivity index (χ1v) is 6.97. The molecule has 0 spiro atoms. The molecule has 1 unspecified atom stereocenters. The smallest absolute Gasteiger partial charge is 0.311 e. The summed E-state index contributed by atoms with van der Waals surface area (Å²) in [5, 5.41) is 14.4. The van der Waals surface area contributed by atoms with Gasteiger partial charge in [0, 0.05) is 43.3 Å². The normalized spacial score (nSPS) is 16.4. The maximum atomic E-state index is 12.2. The van der Waals surface area contributed by atoms with Gasteiger partial charge in [-0.15, -0.1) is 0 Å². The second kappa shape index (κ2) is 6.73. The van der Waals surface area contributed by atoms with Gasteiger partial charge in [-0.3, -0.25) is 14.9 Å². The first-order valence-electron chi connectivity index (χ1n) is 6.59. The Morgan fingerprint density at radius 3 is 2.76 bits per heavy atom. The average Bonchev–Trinajstić information content (AvgIpc) is 2.47. The van der Waals surface area contributed by atoms with Gasteiger partial charge in [0.1, 0.15) is 0 Å². The number of nitrogens with zero attached hydrogens (tertiary/aromatic N) is 2. The minimum absolute atomic E-state index is 0.00323. The number of benzene rings is 1. The zero-order chi connectivity index (χ0) is 15.4. The van der Waals surface area contributed by atoms with Gasteiger partial charge in [0.2, 0.25) is 0 Å². The van der Waals surface area contributed by atoms with Crippen LogP contribution in [0.25, 0.3) is 0 Å². The van der Waals surface area contributed by atoms with Crippen LogP contribution in [0.15, 0.2) is 18.2 Å². The highest BCUT2D eigenvalue weighted by Crippen LogP contribution is 2.30. The summed E-state index contributed by atoms with van der Waals surface area (Å²) >= 11 is 5.83. The van der Waals surface area contributed by atoms with Crippen molar-refractivity contribution in [3.8, 4) is 5.75 Å². The molecule has 1 N–H and O–H groups in total. The molecule has 1 aromatic carbocycles. The molecular formula is C13H16ClN3O4. The summed E-state index contributed by atoms with van der Waals surface area (Å²) in [4.78, 5) is 24.3. The highest BCUT2D eigenvalue weighted by Gasteiger charge is 2.26. The van der Waals surface area contributed by atoms with Crippen molar-refractivity contribution < 1.29 is 14.5 Å². The Morgan fingerprint density at radius 2 is 2.14 bits per heavy atom. The van der Waals surface area contributed by atoms with Gasteiger partial charge in [-0.05, 0) is 13.0 Å². The molecule has 1 saturated heterocycles. The Hall–Kier alpha value is -1.86. The third kappa shape index (κ3) is 3.83. The summed E-state index contributed by atoms with van der Waals surface area (Å²) in [6, 6.07) is 4.02. The summed E-state index contributed by atoms with van der Waals surface area (Å²) < 4.78 is 5.46. The molecule has 0 bridgehead atoms. The van der Waals surface area contributed by atoms with Crippen LogP contribution < -0.4 is 10.1 Å². The molecule has 1 aromatic rings. The Labute approximate surface area is 127 Å². The van der Waals surface area contributed by atoms with Crippen molar-refractivity contribution in [1.29, 1.82) is 0 Å². The van der Waals surface area contributed by atoms with E-state index in [4.69, 9.17) is 16.3 Å². The lowest BCUT2D eigenvalue weighted by Crippen LogP contribution is -2.50. The standard InChI is InChI=1S/C13H16ClN3O4/c1-9(13(18)16-6-4-15-5-7-16)21-12-8-10(14)2-3-11(12)17(19)20/h2-3,8-9,15H,4-7H2,1H3. The molecular weight excluding hydrogens is 298 g/mol. The van der Waals surface area contributed by atoms with E-state index in [0.717, 1.165) is 13.1 Å². The number of nitro groups is 1. The van der Waals surface area contributed by atoms with Gasteiger partial charge in [-0.25, -0.2) is 0 Å². The molecule has 1 aliphatic rings. The molecule has 1 atom stereocenters. The number of hydrogen-bond acceptors (Lipinski definition) is 5. The zero-order valence-corrected chi connectivity index (χ0v) is 12.3. The van der Waals surface area contributed by atoms with E-state index >= 15 is 0 Å². The second-order valence-corrected chi connectivity index (χ2v) is 5.14. The lowest BCUT2D eigenvalue weighted by Gasteiger charge is -2.29. The third-order valence-corrected chi connectivity index (χ3v) is 3.43. The number of hydrogen-bond donors (Lipinski definition) is 1. The Morgan fingerprint density at radius 1 is 1.48 bits per heavy atom. The maximum Gasteiger partial charge on any atom is 0.311 e. The van der Waals surface area contributed by atoms with Crippen LogP contribution >= 0.6 is 11.6 Å². The molecule has 8 heteroatoms. The van der Waals surface area contributed by atoms with Crippen molar-refractivity contribution in [2.45, 2.75) is 13.0 Å². The number of carbonyl (C=O) groups excluding carboxylic acids is 1. The molecule has 21 heavy (non-hydrogen) atoms. The van der Waals surface area contributed by atoms with E-state index in [2.05, 4.69) is 5.32 Å². The number of piperazine rings is 1. The topological polar surface area (TPSA) is 84.7 Å². The van der Waals surface area contributed by atoms with Gasteiger partial charge in [-0.1, -0.05) is 11.6 Å². The molecule has 114 valence electrons. The average molecular weight is 314 g/mol. The number of ether oxygens (including phenoxy) is 1. The Balaban J connectivity index is 2.11. The van der Waals surface area contributed by atoms with Crippen LogP contribution in [0, 0.1) is 10.1 Å². The van der Waals surface area contributed by atoms with Gasteiger partial charge in [0.05, 0.1) is 4.92 Å². The van der Waals surface area contributed by atoms with E-state index in [1.807, 2.05) is 0 Å². The zero-order valence-electron chi connectivity index (χ0n) is 11.5. The van der Waals surface area contributed by atoms with Crippen LogP contribution in [0.2, 0.25) is 5.02 Å². The molecule has 1 fully saturated rings. The highest BCUT2D eigenvalue weighted by atomic mass is 35.5. The lowest BCUT2D eigenvalue weighted by molar-refractivity contribution is -0.386. The van der Waals surface area contributed by atoms with E-state index in [-0.39, 0.29) is 17.3 Å². The maximum absolute atomic E-state index is 12.2. The summed E-state index contributed by atoms with van der Waals surface area (Å²) in [5.74, 6) is -0.186. The molecule has 0 aliphatic carbocycles. The largest absolute Gasteiger partial charge is 0.474 e. The quantitative estimate of drug-likeness (QED) is 0.671. The van der Waals surface area contributed by atoms with Crippen molar-refractivity contribution in [2.24, 2.45) is 0 Å². The number of amides is 1. The number of carbonyl (C=O) groups is 1. The molecule has 2 rings (SSSR count). The number of halogens is 1. The van der Waals surface area contributed by atoms with Gasteiger partial charge < -0.3 is 15.0 Å². The number of nitro benzene ring substituents is 1. The van der Waals surface area contributed by atoms with Crippen LogP contribution in [0.1, 0.15) is 6.92 Å². The lowest BCUT2D eigenvalue weighted by atomic mass is 10.2. The highest BCUT2D eigenvalue weighted by molar-refractivity contribution is 6.30. The molecule has 7 nitrogen and oxygen atoms in total.